The number of rotatable bonds is 4. The number of amides is 3. The van der Waals surface area contributed by atoms with Crippen LogP contribution in [-0.4, -0.2) is 38.9 Å². The largest absolute Gasteiger partial charge is 0.365 e. The van der Waals surface area contributed by atoms with E-state index in [2.05, 4.69) is 10.4 Å². The summed E-state index contributed by atoms with van der Waals surface area (Å²) < 4.78 is 1.69. The monoisotopic (exact) mass is 375 g/mol. The van der Waals surface area contributed by atoms with Crippen LogP contribution >= 0.6 is 11.3 Å². The average molecular weight is 375 g/mol. The molecule has 0 fully saturated rings. The SMILES string of the molecule is CC(=O)N1CCc2c(sc(NC(=O)c3ccn(C(C)C)n3)c2C(N)=O)C1. The Hall–Kier alpha value is -2.68. The first-order valence-corrected chi connectivity index (χ1v) is 9.16. The van der Waals surface area contributed by atoms with Crippen LogP contribution in [0.15, 0.2) is 12.3 Å². The summed E-state index contributed by atoms with van der Waals surface area (Å²) in [5, 5.41) is 7.41. The zero-order valence-corrected chi connectivity index (χ0v) is 15.7. The third-order valence-electron chi connectivity index (χ3n) is 4.35. The molecule has 0 atom stereocenters. The molecule has 8 nitrogen and oxygen atoms in total. The van der Waals surface area contributed by atoms with E-state index in [1.165, 1.54) is 18.3 Å². The minimum absolute atomic E-state index is 0.0190. The molecule has 2 aromatic rings. The van der Waals surface area contributed by atoms with E-state index >= 15 is 0 Å². The lowest BCUT2D eigenvalue weighted by molar-refractivity contribution is -0.129. The molecule has 2 aromatic heterocycles. The smallest absolute Gasteiger partial charge is 0.276 e. The second-order valence-electron chi connectivity index (χ2n) is 6.49. The molecule has 0 saturated heterocycles. The van der Waals surface area contributed by atoms with E-state index in [0.29, 0.717) is 30.1 Å². The molecule has 9 heteroatoms. The Bertz CT molecular complexity index is 883. The first-order valence-electron chi connectivity index (χ1n) is 8.34. The lowest BCUT2D eigenvalue weighted by Crippen LogP contribution is -2.34. The quantitative estimate of drug-likeness (QED) is 0.848. The van der Waals surface area contributed by atoms with Crippen molar-refractivity contribution in [1.29, 1.82) is 0 Å². The third kappa shape index (κ3) is 3.34. The number of nitrogens with zero attached hydrogens (tertiary/aromatic N) is 3. The Morgan fingerprint density at radius 3 is 2.65 bits per heavy atom. The van der Waals surface area contributed by atoms with E-state index in [0.717, 1.165) is 10.4 Å². The van der Waals surface area contributed by atoms with Crippen molar-refractivity contribution in [2.45, 2.75) is 39.8 Å². The minimum atomic E-state index is -0.582. The van der Waals surface area contributed by atoms with Gasteiger partial charge in [0.25, 0.3) is 11.8 Å². The predicted molar refractivity (Wildman–Crippen MR) is 98.2 cm³/mol. The van der Waals surface area contributed by atoms with Gasteiger partial charge in [0, 0.05) is 30.6 Å². The first kappa shape index (κ1) is 18.1. The maximum atomic E-state index is 12.5. The molecule has 3 amide bonds. The summed E-state index contributed by atoms with van der Waals surface area (Å²) in [7, 11) is 0. The molecule has 0 bridgehead atoms. The van der Waals surface area contributed by atoms with E-state index in [1.54, 1.807) is 21.8 Å². The van der Waals surface area contributed by atoms with Crippen molar-refractivity contribution in [2.75, 3.05) is 11.9 Å². The Morgan fingerprint density at radius 2 is 2.08 bits per heavy atom. The molecule has 0 aliphatic carbocycles. The summed E-state index contributed by atoms with van der Waals surface area (Å²) in [6, 6.07) is 1.77. The molecule has 3 rings (SSSR count). The Kier molecular flexibility index (Phi) is 4.82. The Balaban J connectivity index is 1.89. The van der Waals surface area contributed by atoms with Crippen LogP contribution in [0.25, 0.3) is 0 Å². The van der Waals surface area contributed by atoms with Gasteiger partial charge in [-0.2, -0.15) is 5.10 Å². The van der Waals surface area contributed by atoms with Gasteiger partial charge in [0.2, 0.25) is 5.91 Å². The number of carbonyl (C=O) groups excluding carboxylic acids is 3. The van der Waals surface area contributed by atoms with Crippen LogP contribution in [0.5, 0.6) is 0 Å². The highest BCUT2D eigenvalue weighted by Gasteiger charge is 2.28. The normalized spacial score (nSPS) is 13.6. The fraction of sp³-hybridized carbons (Fsp3) is 0.412. The Morgan fingerprint density at radius 1 is 1.35 bits per heavy atom. The van der Waals surface area contributed by atoms with Crippen molar-refractivity contribution in [3.63, 3.8) is 0 Å². The van der Waals surface area contributed by atoms with Gasteiger partial charge in [-0.3, -0.25) is 19.1 Å². The van der Waals surface area contributed by atoms with E-state index in [-0.39, 0.29) is 17.6 Å². The highest BCUT2D eigenvalue weighted by atomic mass is 32.1. The second kappa shape index (κ2) is 6.91. The van der Waals surface area contributed by atoms with Crippen LogP contribution in [-0.2, 0) is 17.8 Å². The fourth-order valence-electron chi connectivity index (χ4n) is 2.93. The number of hydrogen-bond acceptors (Lipinski definition) is 5. The second-order valence-corrected chi connectivity index (χ2v) is 7.60. The van der Waals surface area contributed by atoms with Gasteiger partial charge in [-0.15, -0.1) is 11.3 Å². The summed E-state index contributed by atoms with van der Waals surface area (Å²) >= 11 is 1.29. The van der Waals surface area contributed by atoms with Gasteiger partial charge in [-0.1, -0.05) is 0 Å². The fourth-order valence-corrected chi connectivity index (χ4v) is 4.20. The highest BCUT2D eigenvalue weighted by molar-refractivity contribution is 7.17. The van der Waals surface area contributed by atoms with E-state index in [4.69, 9.17) is 5.73 Å². The Labute approximate surface area is 155 Å². The van der Waals surface area contributed by atoms with Crippen molar-refractivity contribution in [3.05, 3.63) is 34.0 Å². The van der Waals surface area contributed by atoms with Crippen LogP contribution < -0.4 is 11.1 Å². The van der Waals surface area contributed by atoms with Gasteiger partial charge >= 0.3 is 0 Å². The van der Waals surface area contributed by atoms with E-state index in [1.807, 2.05) is 13.8 Å². The topological polar surface area (TPSA) is 110 Å². The molecular weight excluding hydrogens is 354 g/mol. The maximum absolute atomic E-state index is 12.5. The molecule has 0 unspecified atom stereocenters. The number of primary amides is 1. The third-order valence-corrected chi connectivity index (χ3v) is 5.48. The molecule has 0 saturated carbocycles. The zero-order valence-electron chi connectivity index (χ0n) is 14.9. The van der Waals surface area contributed by atoms with Crippen molar-refractivity contribution in [2.24, 2.45) is 5.73 Å². The van der Waals surface area contributed by atoms with E-state index < -0.39 is 11.8 Å². The van der Waals surface area contributed by atoms with Crippen LogP contribution in [0, 0.1) is 0 Å². The first-order chi connectivity index (χ1) is 12.3. The predicted octanol–water partition coefficient (Wildman–Crippen LogP) is 1.78. The van der Waals surface area contributed by atoms with Crippen LogP contribution in [0.3, 0.4) is 0 Å². The number of fused-ring (bicyclic) bond motifs is 1. The van der Waals surface area contributed by atoms with Crippen LogP contribution in [0.1, 0.15) is 58.1 Å². The van der Waals surface area contributed by atoms with Crippen molar-refractivity contribution < 1.29 is 14.4 Å². The molecule has 0 spiro atoms. The lowest BCUT2D eigenvalue weighted by Gasteiger charge is -2.25. The van der Waals surface area contributed by atoms with Gasteiger partial charge in [0.1, 0.15) is 5.00 Å². The number of thiophene rings is 1. The van der Waals surface area contributed by atoms with Crippen molar-refractivity contribution >= 4 is 34.1 Å². The summed E-state index contributed by atoms with van der Waals surface area (Å²) in [5.74, 6) is -0.995. The summed E-state index contributed by atoms with van der Waals surface area (Å²) in [6.45, 7) is 6.41. The molecule has 26 heavy (non-hydrogen) atoms. The van der Waals surface area contributed by atoms with Crippen LogP contribution in [0.2, 0.25) is 0 Å². The number of hydrogen-bond donors (Lipinski definition) is 2. The van der Waals surface area contributed by atoms with Crippen LogP contribution in [0.4, 0.5) is 5.00 Å². The molecule has 1 aliphatic heterocycles. The van der Waals surface area contributed by atoms with E-state index in [9.17, 15) is 14.4 Å². The molecule has 3 heterocycles. The maximum Gasteiger partial charge on any atom is 0.276 e. The van der Waals surface area contributed by atoms with Gasteiger partial charge in [-0.05, 0) is 31.9 Å². The molecule has 0 aromatic carbocycles. The van der Waals surface area contributed by atoms with Gasteiger partial charge in [-0.25, -0.2) is 0 Å². The standard InChI is InChI=1S/C17H21N5O3S/c1-9(2)22-7-5-12(20-22)16(25)19-17-14(15(18)24)11-4-6-21(10(3)23)8-13(11)26-17/h5,7,9H,4,6,8H2,1-3H3,(H2,18,24)(H,19,25). The number of anilines is 1. The summed E-state index contributed by atoms with van der Waals surface area (Å²) in [6.07, 6.45) is 2.28. The number of carbonyl (C=O) groups is 3. The van der Waals surface area contributed by atoms with Gasteiger partial charge in [0.15, 0.2) is 5.69 Å². The summed E-state index contributed by atoms with van der Waals surface area (Å²) in [5.41, 5.74) is 6.98. The zero-order chi connectivity index (χ0) is 19.0. The average Bonchev–Trinajstić information content (AvgIpc) is 3.18. The molecule has 138 valence electrons. The van der Waals surface area contributed by atoms with Gasteiger partial charge in [0.05, 0.1) is 12.1 Å². The lowest BCUT2D eigenvalue weighted by atomic mass is 10.0. The summed E-state index contributed by atoms with van der Waals surface area (Å²) in [4.78, 5) is 38.7. The minimum Gasteiger partial charge on any atom is -0.365 e. The number of nitrogens with two attached hydrogens (primary N) is 1. The van der Waals surface area contributed by atoms with Gasteiger partial charge < -0.3 is 16.0 Å². The van der Waals surface area contributed by atoms with Crippen molar-refractivity contribution in [3.8, 4) is 0 Å². The molecule has 1 aliphatic rings. The van der Waals surface area contributed by atoms with Crippen molar-refractivity contribution in [1.82, 2.24) is 14.7 Å². The number of nitrogens with one attached hydrogen (secondary N) is 1. The highest BCUT2D eigenvalue weighted by Crippen LogP contribution is 2.37. The molecule has 0 radical (unpaired) electrons. The number of aromatic nitrogens is 2. The molecule has 3 N–H and O–H groups in total. The molecular formula is C17H21N5O3S.